The molecule has 0 aromatic heterocycles. The minimum atomic E-state index is -4.40. The van der Waals surface area contributed by atoms with Crippen molar-refractivity contribution < 1.29 is 36.2 Å². The molecule has 0 saturated heterocycles. The predicted molar refractivity (Wildman–Crippen MR) is 117 cm³/mol. The van der Waals surface area contributed by atoms with Crippen LogP contribution in [-0.4, -0.2) is 25.7 Å². The van der Waals surface area contributed by atoms with Crippen molar-refractivity contribution >= 4 is 27.3 Å². The second-order valence-corrected chi connectivity index (χ2v) is 8.82. The van der Waals surface area contributed by atoms with Crippen LogP contribution >= 0.6 is 0 Å². The van der Waals surface area contributed by atoms with Gasteiger partial charge in [0.2, 0.25) is 10.0 Å². The highest BCUT2D eigenvalue weighted by Gasteiger charge is 2.29. The summed E-state index contributed by atoms with van der Waals surface area (Å²) in [5.74, 6) is -0.371. The molecular formula is C22H19F3N2O5S. The highest BCUT2D eigenvalue weighted by molar-refractivity contribution is 7.92. The second-order valence-electron chi connectivity index (χ2n) is 7.07. The zero-order valence-corrected chi connectivity index (χ0v) is 18.0. The molecule has 3 aromatic rings. The molecule has 0 saturated carbocycles. The van der Waals surface area contributed by atoms with Gasteiger partial charge in [0.15, 0.2) is 0 Å². The van der Waals surface area contributed by atoms with Crippen LogP contribution in [0.3, 0.4) is 0 Å². The van der Waals surface area contributed by atoms with Crippen LogP contribution in [0.1, 0.15) is 21.5 Å². The molecule has 174 valence electrons. The molecular weight excluding hydrogens is 461 g/mol. The number of halogens is 3. The van der Waals surface area contributed by atoms with Gasteiger partial charge in [0.05, 0.1) is 17.5 Å². The number of benzene rings is 3. The Kier molecular flexibility index (Phi) is 6.82. The van der Waals surface area contributed by atoms with Gasteiger partial charge in [-0.25, -0.2) is 8.42 Å². The third-order valence-electron chi connectivity index (χ3n) is 4.35. The van der Waals surface area contributed by atoms with E-state index >= 15 is 0 Å². The number of ether oxygens (including phenoxy) is 1. The maximum Gasteiger partial charge on any atom is 0.416 e. The Morgan fingerprint density at radius 2 is 1.64 bits per heavy atom. The van der Waals surface area contributed by atoms with Crippen molar-refractivity contribution in [3.63, 3.8) is 0 Å². The van der Waals surface area contributed by atoms with E-state index in [-0.39, 0.29) is 29.3 Å². The molecule has 0 aliphatic heterocycles. The Labute approximate surface area is 187 Å². The average Bonchev–Trinajstić information content (AvgIpc) is 2.73. The minimum absolute atomic E-state index is 0.0489. The van der Waals surface area contributed by atoms with E-state index in [0.717, 1.165) is 18.4 Å². The van der Waals surface area contributed by atoms with E-state index in [4.69, 9.17) is 4.74 Å². The van der Waals surface area contributed by atoms with Gasteiger partial charge in [0, 0.05) is 11.3 Å². The van der Waals surface area contributed by atoms with Crippen LogP contribution in [0.25, 0.3) is 0 Å². The third-order valence-corrected chi connectivity index (χ3v) is 4.94. The van der Waals surface area contributed by atoms with Crippen LogP contribution in [0.5, 0.6) is 11.5 Å². The number of phenolic OH excluding ortho intramolecular Hbond substituents is 1. The lowest BCUT2D eigenvalue weighted by Gasteiger charge is -2.11. The number of nitrogens with one attached hydrogen (secondary N) is 2. The maximum absolute atomic E-state index is 12.6. The number of carbonyl (C=O) groups excluding carboxylic acids is 1. The fraction of sp³-hybridized carbons (Fsp3) is 0.136. The zero-order chi connectivity index (χ0) is 24.2. The summed E-state index contributed by atoms with van der Waals surface area (Å²) >= 11 is 0. The molecule has 0 heterocycles. The number of hydrogen-bond acceptors (Lipinski definition) is 5. The van der Waals surface area contributed by atoms with Crippen LogP contribution < -0.4 is 14.8 Å². The Morgan fingerprint density at radius 3 is 2.21 bits per heavy atom. The molecule has 3 aromatic carbocycles. The van der Waals surface area contributed by atoms with Crippen LogP contribution in [0.15, 0.2) is 66.7 Å². The summed E-state index contributed by atoms with van der Waals surface area (Å²) in [4.78, 5) is 12.5. The minimum Gasteiger partial charge on any atom is -0.506 e. The van der Waals surface area contributed by atoms with Crippen LogP contribution in [0.2, 0.25) is 0 Å². The fourth-order valence-corrected chi connectivity index (χ4v) is 3.32. The second kappa shape index (κ2) is 9.41. The monoisotopic (exact) mass is 480 g/mol. The number of phenols is 1. The normalized spacial score (nSPS) is 11.6. The van der Waals surface area contributed by atoms with Crippen molar-refractivity contribution in [2.45, 2.75) is 12.8 Å². The number of alkyl halides is 3. The van der Waals surface area contributed by atoms with Gasteiger partial charge in [-0.2, -0.15) is 13.2 Å². The highest BCUT2D eigenvalue weighted by atomic mass is 32.2. The van der Waals surface area contributed by atoms with Gasteiger partial charge in [-0.05, 0) is 60.2 Å². The summed E-state index contributed by atoms with van der Waals surface area (Å²) in [5.41, 5.74) is 0.265. The van der Waals surface area contributed by atoms with Gasteiger partial charge in [-0.15, -0.1) is 0 Å². The molecule has 0 fully saturated rings. The van der Waals surface area contributed by atoms with Crippen molar-refractivity contribution in [3.05, 3.63) is 83.4 Å². The van der Waals surface area contributed by atoms with Crippen molar-refractivity contribution in [1.82, 2.24) is 0 Å². The number of carbonyl (C=O) groups is 1. The first kappa shape index (κ1) is 23.9. The lowest BCUT2D eigenvalue weighted by atomic mass is 10.1. The van der Waals surface area contributed by atoms with Crippen molar-refractivity contribution in [1.29, 1.82) is 0 Å². The van der Waals surface area contributed by atoms with E-state index < -0.39 is 27.7 Å². The van der Waals surface area contributed by atoms with Crippen molar-refractivity contribution in [3.8, 4) is 11.5 Å². The lowest BCUT2D eigenvalue weighted by Crippen LogP contribution is -2.13. The quantitative estimate of drug-likeness (QED) is 0.338. The number of hydrogen-bond donors (Lipinski definition) is 3. The highest BCUT2D eigenvalue weighted by Crippen LogP contribution is 2.30. The molecule has 3 rings (SSSR count). The summed E-state index contributed by atoms with van der Waals surface area (Å²) < 4.78 is 68.3. The maximum atomic E-state index is 12.6. The van der Waals surface area contributed by atoms with E-state index in [1.54, 1.807) is 0 Å². The molecule has 0 atom stereocenters. The van der Waals surface area contributed by atoms with Gasteiger partial charge in [-0.3, -0.25) is 9.52 Å². The Balaban J connectivity index is 1.61. The predicted octanol–water partition coefficient (Wildman–Crippen LogP) is 4.61. The molecule has 0 radical (unpaired) electrons. The molecule has 33 heavy (non-hydrogen) atoms. The lowest BCUT2D eigenvalue weighted by molar-refractivity contribution is -0.137. The first-order chi connectivity index (χ1) is 15.4. The largest absolute Gasteiger partial charge is 0.506 e. The third kappa shape index (κ3) is 6.88. The molecule has 0 spiro atoms. The molecule has 0 aliphatic rings. The van der Waals surface area contributed by atoms with E-state index in [0.29, 0.717) is 11.3 Å². The van der Waals surface area contributed by atoms with Gasteiger partial charge in [-0.1, -0.05) is 12.1 Å². The Hall–Kier alpha value is -3.73. The summed E-state index contributed by atoms with van der Waals surface area (Å²) in [7, 11) is -3.62. The zero-order valence-electron chi connectivity index (χ0n) is 17.2. The number of anilines is 2. The van der Waals surface area contributed by atoms with Gasteiger partial charge < -0.3 is 15.2 Å². The Morgan fingerprint density at radius 1 is 1.00 bits per heavy atom. The molecule has 0 unspecified atom stereocenters. The number of rotatable bonds is 7. The van der Waals surface area contributed by atoms with Crippen LogP contribution in [0.4, 0.5) is 24.5 Å². The molecule has 11 heteroatoms. The smallest absolute Gasteiger partial charge is 0.416 e. The topological polar surface area (TPSA) is 105 Å². The number of aromatic hydroxyl groups is 1. The fourth-order valence-electron chi connectivity index (χ4n) is 2.76. The van der Waals surface area contributed by atoms with Gasteiger partial charge >= 0.3 is 6.18 Å². The van der Waals surface area contributed by atoms with E-state index in [1.807, 2.05) is 0 Å². The summed E-state index contributed by atoms with van der Waals surface area (Å²) in [6.45, 7) is 0.0489. The molecule has 0 aliphatic carbocycles. The van der Waals surface area contributed by atoms with Gasteiger partial charge in [0.25, 0.3) is 5.91 Å². The first-order valence-electron chi connectivity index (χ1n) is 9.42. The SMILES string of the molecule is CS(=O)(=O)Nc1cc(NC(=O)c2ccc(OCc3ccc(C(F)(F)F)cc3)cc2)ccc1O. The van der Waals surface area contributed by atoms with Crippen LogP contribution in [-0.2, 0) is 22.8 Å². The molecule has 0 bridgehead atoms. The van der Waals surface area contributed by atoms with E-state index in [2.05, 4.69) is 10.0 Å². The van der Waals surface area contributed by atoms with E-state index in [1.165, 1.54) is 54.6 Å². The summed E-state index contributed by atoms with van der Waals surface area (Å²) in [6, 6.07) is 14.6. The molecule has 7 nitrogen and oxygen atoms in total. The standard InChI is InChI=1S/C22H19F3N2O5S/c1-33(30,31)27-19-12-17(8-11-20(19)28)26-21(29)15-4-9-18(10-5-15)32-13-14-2-6-16(7-3-14)22(23,24)25/h2-12,27-28H,13H2,1H3,(H,26,29). The number of amides is 1. The summed E-state index contributed by atoms with van der Waals surface area (Å²) in [5, 5.41) is 12.3. The molecule has 1 amide bonds. The average molecular weight is 480 g/mol. The number of sulfonamides is 1. The molecule has 3 N–H and O–H groups in total. The first-order valence-corrected chi connectivity index (χ1v) is 11.3. The van der Waals surface area contributed by atoms with Gasteiger partial charge in [0.1, 0.15) is 18.1 Å². The van der Waals surface area contributed by atoms with E-state index in [9.17, 15) is 31.5 Å². The van der Waals surface area contributed by atoms with Crippen molar-refractivity contribution in [2.75, 3.05) is 16.3 Å². The van der Waals surface area contributed by atoms with Crippen LogP contribution in [0, 0.1) is 0 Å². The Bertz CT molecular complexity index is 1240. The van der Waals surface area contributed by atoms with Crippen molar-refractivity contribution in [2.24, 2.45) is 0 Å². The summed E-state index contributed by atoms with van der Waals surface area (Å²) in [6.07, 6.45) is -3.47.